The van der Waals surface area contributed by atoms with E-state index in [0.29, 0.717) is 27.6 Å². The Morgan fingerprint density at radius 1 is 1.36 bits per heavy atom. The van der Waals surface area contributed by atoms with Gasteiger partial charge in [-0.3, -0.25) is 0 Å². The molecule has 0 bridgehead atoms. The van der Waals surface area contributed by atoms with E-state index >= 15 is 0 Å². The van der Waals surface area contributed by atoms with Crippen LogP contribution in [0.3, 0.4) is 0 Å². The van der Waals surface area contributed by atoms with Gasteiger partial charge in [-0.15, -0.1) is 11.3 Å². The molecule has 0 aliphatic rings. The highest BCUT2D eigenvalue weighted by Crippen LogP contribution is 2.35. The lowest BCUT2D eigenvalue weighted by molar-refractivity contribution is 0.0605. The number of benzene rings is 1. The van der Waals surface area contributed by atoms with Crippen LogP contribution < -0.4 is 4.74 Å². The van der Waals surface area contributed by atoms with Gasteiger partial charge in [-0.2, -0.15) is 5.26 Å². The highest BCUT2D eigenvalue weighted by molar-refractivity contribution is 7.18. The van der Waals surface area contributed by atoms with Crippen molar-refractivity contribution >= 4 is 28.5 Å². The maximum atomic E-state index is 11.7. The zero-order chi connectivity index (χ0) is 18.2. The first kappa shape index (κ1) is 18.7. The van der Waals surface area contributed by atoms with E-state index in [1.807, 2.05) is 24.3 Å². The fourth-order valence-corrected chi connectivity index (χ4v) is 3.15. The highest BCUT2D eigenvalue weighted by Gasteiger charge is 2.20. The van der Waals surface area contributed by atoms with Crippen LogP contribution >= 0.6 is 11.3 Å². The molecule has 1 aromatic heterocycles. The van der Waals surface area contributed by atoms with Crippen molar-refractivity contribution in [2.75, 3.05) is 13.7 Å². The second-order valence-electron chi connectivity index (χ2n) is 5.37. The molecule has 130 valence electrons. The molecule has 1 aromatic carbocycles. The van der Waals surface area contributed by atoms with Crippen molar-refractivity contribution in [3.63, 3.8) is 0 Å². The summed E-state index contributed by atoms with van der Waals surface area (Å²) in [5, 5.41) is 9.82. The fraction of sp³-hybridized carbons (Fsp3) is 0.316. The summed E-state index contributed by atoms with van der Waals surface area (Å²) in [6, 6.07) is 9.69. The lowest BCUT2D eigenvalue weighted by Crippen LogP contribution is -1.99. The summed E-state index contributed by atoms with van der Waals surface area (Å²) in [5.41, 5.74) is 1.89. The summed E-state index contributed by atoms with van der Waals surface area (Å²) in [6.45, 7) is 4.55. The molecule has 6 heteroatoms. The number of ether oxygens (including phenoxy) is 2. The number of thiophene rings is 1. The molecule has 2 rings (SSSR count). The molecule has 0 atom stereocenters. The standard InChI is InChI=1S/C19H20N2O3S/c1-4-5-10-24-15-8-6-14(7-9-15)12-21-18-16(11-20)13(2)17(25-18)19(22)23-3/h6-9,12H,4-5,10H2,1-3H3/b21-12+. The summed E-state index contributed by atoms with van der Waals surface area (Å²) in [5.74, 6) is 0.372. The van der Waals surface area contributed by atoms with Gasteiger partial charge in [0.1, 0.15) is 21.7 Å². The molecule has 0 N–H and O–H groups in total. The first-order chi connectivity index (χ1) is 12.1. The van der Waals surface area contributed by atoms with Crippen molar-refractivity contribution < 1.29 is 14.3 Å². The van der Waals surface area contributed by atoms with Crippen molar-refractivity contribution in [1.29, 1.82) is 5.26 Å². The molecule has 0 unspecified atom stereocenters. The van der Waals surface area contributed by atoms with Crippen LogP contribution in [0.2, 0.25) is 0 Å². The van der Waals surface area contributed by atoms with E-state index in [9.17, 15) is 10.1 Å². The third-order valence-corrected chi connectivity index (χ3v) is 4.77. The van der Waals surface area contributed by atoms with Gasteiger partial charge in [0.25, 0.3) is 0 Å². The molecule has 0 fully saturated rings. The number of hydrogen-bond acceptors (Lipinski definition) is 6. The number of nitrogens with zero attached hydrogens (tertiary/aromatic N) is 2. The topological polar surface area (TPSA) is 71.7 Å². The van der Waals surface area contributed by atoms with Crippen LogP contribution in [0.5, 0.6) is 5.75 Å². The maximum absolute atomic E-state index is 11.7. The Bertz CT molecular complexity index is 801. The van der Waals surface area contributed by atoms with E-state index < -0.39 is 5.97 Å². The lowest BCUT2D eigenvalue weighted by atomic mass is 10.2. The monoisotopic (exact) mass is 356 g/mol. The summed E-state index contributed by atoms with van der Waals surface area (Å²) >= 11 is 1.16. The molecular formula is C19H20N2O3S. The predicted molar refractivity (Wildman–Crippen MR) is 99.2 cm³/mol. The third kappa shape index (κ3) is 4.68. The van der Waals surface area contributed by atoms with Crippen LogP contribution in [0.25, 0.3) is 0 Å². The van der Waals surface area contributed by atoms with Crippen LogP contribution in [0.4, 0.5) is 5.00 Å². The van der Waals surface area contributed by atoms with E-state index in [1.54, 1.807) is 13.1 Å². The second kappa shape index (κ2) is 9.00. The lowest BCUT2D eigenvalue weighted by Gasteiger charge is -2.04. The van der Waals surface area contributed by atoms with Crippen LogP contribution in [0.1, 0.15) is 46.1 Å². The van der Waals surface area contributed by atoms with Gasteiger partial charge in [-0.05, 0) is 48.7 Å². The van der Waals surface area contributed by atoms with E-state index in [-0.39, 0.29) is 0 Å². The Labute approximate surface area is 151 Å². The number of carbonyl (C=O) groups is 1. The zero-order valence-electron chi connectivity index (χ0n) is 14.5. The molecule has 0 radical (unpaired) electrons. The molecule has 25 heavy (non-hydrogen) atoms. The van der Waals surface area contributed by atoms with E-state index in [0.717, 1.165) is 35.5 Å². The number of aliphatic imine (C=N–C) groups is 1. The van der Waals surface area contributed by atoms with Gasteiger partial charge < -0.3 is 9.47 Å². The zero-order valence-corrected chi connectivity index (χ0v) is 15.4. The van der Waals surface area contributed by atoms with Crippen molar-refractivity contribution in [3.05, 3.63) is 45.8 Å². The molecule has 5 nitrogen and oxygen atoms in total. The van der Waals surface area contributed by atoms with Gasteiger partial charge in [-0.25, -0.2) is 9.79 Å². The normalized spacial score (nSPS) is 10.6. The van der Waals surface area contributed by atoms with E-state index in [2.05, 4.69) is 18.0 Å². The van der Waals surface area contributed by atoms with Crippen molar-refractivity contribution in [2.24, 2.45) is 4.99 Å². The highest BCUT2D eigenvalue weighted by atomic mass is 32.1. The molecule has 0 amide bonds. The van der Waals surface area contributed by atoms with Crippen LogP contribution in [0, 0.1) is 18.3 Å². The maximum Gasteiger partial charge on any atom is 0.348 e. The second-order valence-corrected chi connectivity index (χ2v) is 6.37. The summed E-state index contributed by atoms with van der Waals surface area (Å²) in [6.07, 6.45) is 3.79. The third-order valence-electron chi connectivity index (χ3n) is 3.59. The Balaban J connectivity index is 2.16. The fourth-order valence-electron chi connectivity index (χ4n) is 2.13. The number of rotatable bonds is 7. The Morgan fingerprint density at radius 2 is 2.08 bits per heavy atom. The van der Waals surface area contributed by atoms with Crippen molar-refractivity contribution in [3.8, 4) is 11.8 Å². The van der Waals surface area contributed by atoms with Crippen LogP contribution in [-0.4, -0.2) is 25.9 Å². The first-order valence-corrected chi connectivity index (χ1v) is 8.81. The first-order valence-electron chi connectivity index (χ1n) is 7.99. The molecule has 0 spiro atoms. The van der Waals surface area contributed by atoms with Gasteiger partial charge in [0.15, 0.2) is 0 Å². The summed E-state index contributed by atoms with van der Waals surface area (Å²) < 4.78 is 10.4. The van der Waals surface area contributed by atoms with Gasteiger partial charge in [0, 0.05) is 6.21 Å². The number of hydrogen-bond donors (Lipinski definition) is 0. The Hall–Kier alpha value is -2.65. The average Bonchev–Trinajstić information content (AvgIpc) is 2.96. The number of esters is 1. The van der Waals surface area contributed by atoms with Crippen molar-refractivity contribution in [2.45, 2.75) is 26.7 Å². The summed E-state index contributed by atoms with van der Waals surface area (Å²) in [7, 11) is 1.32. The van der Waals surface area contributed by atoms with E-state index in [4.69, 9.17) is 9.47 Å². The molecule has 2 aromatic rings. The minimum absolute atomic E-state index is 0.404. The molecule has 0 aliphatic heterocycles. The molecule has 0 saturated heterocycles. The molecule has 0 aliphatic carbocycles. The van der Waals surface area contributed by atoms with Crippen LogP contribution in [0.15, 0.2) is 29.3 Å². The van der Waals surface area contributed by atoms with Gasteiger partial charge >= 0.3 is 5.97 Å². The Morgan fingerprint density at radius 3 is 2.68 bits per heavy atom. The molecular weight excluding hydrogens is 336 g/mol. The largest absolute Gasteiger partial charge is 0.494 e. The predicted octanol–water partition coefficient (Wildman–Crippen LogP) is 4.64. The van der Waals surface area contributed by atoms with E-state index in [1.165, 1.54) is 7.11 Å². The van der Waals surface area contributed by atoms with Gasteiger partial charge in [-0.1, -0.05) is 13.3 Å². The number of nitriles is 1. The quantitative estimate of drug-likeness (QED) is 0.411. The number of methoxy groups -OCH3 is 1. The minimum atomic E-state index is -0.450. The van der Waals surface area contributed by atoms with Crippen molar-refractivity contribution in [1.82, 2.24) is 0 Å². The molecule has 0 saturated carbocycles. The molecule has 1 heterocycles. The average molecular weight is 356 g/mol. The smallest absolute Gasteiger partial charge is 0.348 e. The SMILES string of the molecule is CCCCOc1ccc(/C=N/c2sc(C(=O)OC)c(C)c2C#N)cc1. The number of unbranched alkanes of at least 4 members (excludes halogenated alkanes) is 1. The minimum Gasteiger partial charge on any atom is -0.494 e. The number of carbonyl (C=O) groups excluding carboxylic acids is 1. The van der Waals surface area contributed by atoms with Gasteiger partial charge in [0.2, 0.25) is 0 Å². The summed E-state index contributed by atoms with van der Waals surface area (Å²) in [4.78, 5) is 16.5. The Kier molecular flexibility index (Phi) is 6.72. The van der Waals surface area contributed by atoms with Crippen LogP contribution in [-0.2, 0) is 4.74 Å². The van der Waals surface area contributed by atoms with Gasteiger partial charge in [0.05, 0.1) is 19.3 Å².